The number of carbonyl (C=O) groups excluding carboxylic acids is 1. The molecule has 126 valence electrons. The van der Waals surface area contributed by atoms with Crippen LogP contribution in [0.25, 0.3) is 0 Å². The van der Waals surface area contributed by atoms with Crippen LogP contribution in [0.4, 0.5) is 0 Å². The average Bonchev–Trinajstić information content (AvgIpc) is 3.06. The van der Waals surface area contributed by atoms with Crippen molar-refractivity contribution in [2.45, 2.75) is 5.92 Å². The van der Waals surface area contributed by atoms with E-state index in [1.807, 2.05) is 23.1 Å². The lowest BCUT2D eigenvalue weighted by atomic mass is 9.93. The molecule has 0 aromatic carbocycles. The first-order chi connectivity index (χ1) is 11.7. The summed E-state index contributed by atoms with van der Waals surface area (Å²) < 4.78 is 10.4. The van der Waals surface area contributed by atoms with E-state index < -0.39 is 0 Å². The first-order valence-corrected chi connectivity index (χ1v) is 7.92. The molecule has 3 rings (SSSR count). The molecule has 6 heteroatoms. The molecular weight excluding hydrogens is 306 g/mol. The van der Waals surface area contributed by atoms with Crippen molar-refractivity contribution in [1.29, 1.82) is 0 Å². The second-order valence-corrected chi connectivity index (χ2v) is 5.88. The molecule has 1 aliphatic heterocycles. The van der Waals surface area contributed by atoms with Gasteiger partial charge in [0.1, 0.15) is 0 Å². The Balaban J connectivity index is 1.77. The maximum atomic E-state index is 12.8. The molecule has 6 nitrogen and oxygen atoms in total. The third-order valence-electron chi connectivity index (χ3n) is 4.37. The lowest BCUT2D eigenvalue weighted by molar-refractivity contribution is 0.0775. The first kappa shape index (κ1) is 16.4. The summed E-state index contributed by atoms with van der Waals surface area (Å²) in [6.07, 6.45) is 3.34. The second-order valence-electron chi connectivity index (χ2n) is 5.88. The van der Waals surface area contributed by atoms with Gasteiger partial charge in [0.05, 0.1) is 19.3 Å². The third kappa shape index (κ3) is 3.38. The van der Waals surface area contributed by atoms with Crippen LogP contribution in [0.5, 0.6) is 5.88 Å². The minimum atomic E-state index is -0.0234. The molecule has 0 unspecified atom stereocenters. The number of likely N-dealkylation sites (tertiary alicyclic amines) is 1. The lowest BCUT2D eigenvalue weighted by Crippen LogP contribution is -2.29. The molecule has 2 atom stereocenters. The number of carbonyl (C=O) groups is 1. The standard InChI is InChI=1S/C18H21N3O3/c1-23-12-14-10-21(11-15(14)16-5-3-4-8-19-16)18(22)13-6-7-17(24-2)20-9-13/h3-9,14-15H,10-12H2,1-2H3/t14-,15+/m0/s1. The van der Waals surface area contributed by atoms with E-state index in [0.717, 1.165) is 5.69 Å². The van der Waals surface area contributed by atoms with Crippen LogP contribution in [-0.2, 0) is 4.74 Å². The van der Waals surface area contributed by atoms with Gasteiger partial charge in [0.25, 0.3) is 5.91 Å². The number of ether oxygens (including phenoxy) is 2. The highest BCUT2D eigenvalue weighted by Crippen LogP contribution is 2.32. The van der Waals surface area contributed by atoms with Crippen molar-refractivity contribution in [1.82, 2.24) is 14.9 Å². The Morgan fingerprint density at radius 3 is 2.71 bits per heavy atom. The Labute approximate surface area is 141 Å². The number of nitrogens with zero attached hydrogens (tertiary/aromatic N) is 3. The zero-order valence-electron chi connectivity index (χ0n) is 13.9. The number of amides is 1. The van der Waals surface area contributed by atoms with E-state index in [4.69, 9.17) is 9.47 Å². The van der Waals surface area contributed by atoms with E-state index >= 15 is 0 Å². The van der Waals surface area contributed by atoms with Gasteiger partial charge in [-0.05, 0) is 18.2 Å². The highest BCUT2D eigenvalue weighted by Gasteiger charge is 2.37. The topological polar surface area (TPSA) is 64.5 Å². The molecule has 2 aromatic heterocycles. The number of methoxy groups -OCH3 is 2. The summed E-state index contributed by atoms with van der Waals surface area (Å²) >= 11 is 0. The Kier molecular flexibility index (Phi) is 5.05. The van der Waals surface area contributed by atoms with Gasteiger partial charge in [-0.25, -0.2) is 4.98 Å². The normalized spacial score (nSPS) is 20.2. The SMILES string of the molecule is COC[C@@H]1CN(C(=O)c2ccc(OC)nc2)C[C@H]1c1ccccn1. The van der Waals surface area contributed by atoms with Gasteiger partial charge in [0.15, 0.2) is 0 Å². The van der Waals surface area contributed by atoms with Crippen molar-refractivity contribution in [2.24, 2.45) is 5.92 Å². The van der Waals surface area contributed by atoms with Gasteiger partial charge in [-0.2, -0.15) is 0 Å². The van der Waals surface area contributed by atoms with Crippen molar-refractivity contribution in [3.05, 3.63) is 54.0 Å². The van der Waals surface area contributed by atoms with E-state index in [-0.39, 0.29) is 17.7 Å². The maximum absolute atomic E-state index is 12.8. The molecule has 1 aliphatic rings. The highest BCUT2D eigenvalue weighted by molar-refractivity contribution is 5.94. The second kappa shape index (κ2) is 7.40. The zero-order valence-corrected chi connectivity index (χ0v) is 13.9. The molecule has 1 fully saturated rings. The monoisotopic (exact) mass is 327 g/mol. The molecule has 0 N–H and O–H groups in total. The quantitative estimate of drug-likeness (QED) is 0.840. The van der Waals surface area contributed by atoms with Gasteiger partial charge in [-0.3, -0.25) is 9.78 Å². The zero-order chi connectivity index (χ0) is 16.9. The van der Waals surface area contributed by atoms with Gasteiger partial charge < -0.3 is 14.4 Å². The molecule has 1 amide bonds. The number of hydrogen-bond acceptors (Lipinski definition) is 5. The molecule has 0 radical (unpaired) electrons. The van der Waals surface area contributed by atoms with Crippen LogP contribution >= 0.6 is 0 Å². The van der Waals surface area contributed by atoms with Crippen molar-refractivity contribution >= 4 is 5.91 Å². The van der Waals surface area contributed by atoms with Crippen LogP contribution < -0.4 is 4.74 Å². The number of hydrogen-bond donors (Lipinski definition) is 0. The minimum Gasteiger partial charge on any atom is -0.481 e. The van der Waals surface area contributed by atoms with Crippen LogP contribution in [0.3, 0.4) is 0 Å². The van der Waals surface area contributed by atoms with Crippen LogP contribution in [0.15, 0.2) is 42.7 Å². The van der Waals surface area contributed by atoms with E-state index in [1.54, 1.807) is 38.7 Å². The van der Waals surface area contributed by atoms with Gasteiger partial charge in [0.2, 0.25) is 5.88 Å². The predicted octanol–water partition coefficient (Wildman–Crippen LogP) is 1.99. The molecule has 0 bridgehead atoms. The average molecular weight is 327 g/mol. The maximum Gasteiger partial charge on any atom is 0.255 e. The van der Waals surface area contributed by atoms with Crippen molar-refractivity contribution in [2.75, 3.05) is 33.9 Å². The fraction of sp³-hybridized carbons (Fsp3) is 0.389. The molecule has 0 spiro atoms. The van der Waals surface area contributed by atoms with Crippen LogP contribution in [-0.4, -0.2) is 54.7 Å². The van der Waals surface area contributed by atoms with Gasteiger partial charge in [-0.15, -0.1) is 0 Å². The molecule has 0 aliphatic carbocycles. The van der Waals surface area contributed by atoms with E-state index in [1.165, 1.54) is 0 Å². The summed E-state index contributed by atoms with van der Waals surface area (Å²) in [5.74, 6) is 0.891. The molecule has 0 saturated carbocycles. The van der Waals surface area contributed by atoms with Crippen LogP contribution in [0.1, 0.15) is 22.0 Å². The first-order valence-electron chi connectivity index (χ1n) is 7.92. The van der Waals surface area contributed by atoms with Crippen molar-refractivity contribution < 1.29 is 14.3 Å². The lowest BCUT2D eigenvalue weighted by Gasteiger charge is -2.16. The largest absolute Gasteiger partial charge is 0.481 e. The Hall–Kier alpha value is -2.47. The number of aromatic nitrogens is 2. The summed E-state index contributed by atoms with van der Waals surface area (Å²) in [6.45, 7) is 1.89. The molecule has 3 heterocycles. The molecule has 2 aromatic rings. The fourth-order valence-corrected chi connectivity index (χ4v) is 3.16. The van der Waals surface area contributed by atoms with Crippen LogP contribution in [0, 0.1) is 5.92 Å². The Bertz CT molecular complexity index is 676. The summed E-state index contributed by atoms with van der Waals surface area (Å²) in [6, 6.07) is 9.33. The molecular formula is C18H21N3O3. The predicted molar refractivity (Wildman–Crippen MR) is 89.0 cm³/mol. The number of pyridine rings is 2. The van der Waals surface area contributed by atoms with Crippen molar-refractivity contribution in [3.63, 3.8) is 0 Å². The fourth-order valence-electron chi connectivity index (χ4n) is 3.16. The smallest absolute Gasteiger partial charge is 0.255 e. The van der Waals surface area contributed by atoms with Gasteiger partial charge >= 0.3 is 0 Å². The van der Waals surface area contributed by atoms with Gasteiger partial charge in [0, 0.05) is 56.2 Å². The Morgan fingerprint density at radius 2 is 2.08 bits per heavy atom. The Morgan fingerprint density at radius 1 is 1.21 bits per heavy atom. The highest BCUT2D eigenvalue weighted by atomic mass is 16.5. The summed E-state index contributed by atoms with van der Waals surface area (Å²) in [4.78, 5) is 23.2. The minimum absolute atomic E-state index is 0.0234. The summed E-state index contributed by atoms with van der Waals surface area (Å²) in [5, 5.41) is 0. The van der Waals surface area contributed by atoms with E-state index in [2.05, 4.69) is 9.97 Å². The van der Waals surface area contributed by atoms with Gasteiger partial charge in [-0.1, -0.05) is 6.07 Å². The summed E-state index contributed by atoms with van der Waals surface area (Å²) in [7, 11) is 3.24. The summed E-state index contributed by atoms with van der Waals surface area (Å²) in [5.41, 5.74) is 1.57. The van der Waals surface area contributed by atoms with E-state index in [0.29, 0.717) is 31.1 Å². The molecule has 1 saturated heterocycles. The number of rotatable bonds is 5. The van der Waals surface area contributed by atoms with E-state index in [9.17, 15) is 4.79 Å². The van der Waals surface area contributed by atoms with Crippen molar-refractivity contribution in [3.8, 4) is 5.88 Å². The molecule has 24 heavy (non-hydrogen) atoms. The van der Waals surface area contributed by atoms with Crippen LogP contribution in [0.2, 0.25) is 0 Å². The third-order valence-corrected chi connectivity index (χ3v) is 4.37.